The number of thiophene rings is 1. The number of ether oxygens (including phenoxy) is 1. The number of halogens is 15. The predicted octanol–water partition coefficient (Wildman–Crippen LogP) is 6.46. The smallest absolute Gasteiger partial charge is 0.427 e. The molecule has 0 spiro atoms. The van der Waals surface area contributed by atoms with Crippen molar-refractivity contribution in [2.45, 2.75) is 41.9 Å². The summed E-state index contributed by atoms with van der Waals surface area (Å²) in [5.74, 6) is -41.7. The molecule has 0 amide bonds. The lowest BCUT2D eigenvalue weighted by Gasteiger charge is -2.40. The highest BCUT2D eigenvalue weighted by molar-refractivity contribution is 7.08. The quantitative estimate of drug-likeness (QED) is 0.418. The Morgan fingerprint density at radius 2 is 0.964 bits per heavy atom. The predicted molar refractivity (Wildman–Crippen MR) is 60.7 cm³/mol. The second-order valence-corrected chi connectivity index (χ2v) is 5.73. The standard InChI is InChI=1S/C11H3F15OS/c12-5(13,6(14,15)8(18,19)10(22,23)24)7(16,17)9(20,21)11(25,26)27-4-1-2-28-3-4/h1-3H. The monoisotopic (exact) mass is 468 g/mol. The molecule has 1 rings (SSSR count). The maximum atomic E-state index is 13.3. The number of hydrogen-bond acceptors (Lipinski definition) is 2. The average Bonchev–Trinajstić information content (AvgIpc) is 2.97. The van der Waals surface area contributed by atoms with Crippen LogP contribution in [0.5, 0.6) is 5.75 Å². The van der Waals surface area contributed by atoms with E-state index in [1.807, 2.05) is 0 Å². The van der Waals surface area contributed by atoms with Gasteiger partial charge in [0.15, 0.2) is 0 Å². The second kappa shape index (κ2) is 6.48. The third kappa shape index (κ3) is 3.24. The van der Waals surface area contributed by atoms with Crippen LogP contribution in [-0.4, -0.2) is 41.9 Å². The van der Waals surface area contributed by atoms with Crippen LogP contribution in [0.25, 0.3) is 0 Å². The molecule has 0 aromatic carbocycles. The molecule has 1 aromatic rings. The Labute approximate surface area is 147 Å². The topological polar surface area (TPSA) is 9.23 Å². The minimum Gasteiger partial charge on any atom is -0.427 e. The summed E-state index contributed by atoms with van der Waals surface area (Å²) in [6, 6.07) is 0.414. The molecule has 0 radical (unpaired) electrons. The van der Waals surface area contributed by atoms with Crippen LogP contribution in [0.3, 0.4) is 0 Å². The Morgan fingerprint density at radius 1 is 0.571 bits per heavy atom. The molecule has 28 heavy (non-hydrogen) atoms. The van der Waals surface area contributed by atoms with E-state index in [2.05, 4.69) is 4.74 Å². The second-order valence-electron chi connectivity index (χ2n) is 4.95. The van der Waals surface area contributed by atoms with E-state index in [9.17, 15) is 65.9 Å². The zero-order valence-electron chi connectivity index (χ0n) is 12.2. The summed E-state index contributed by atoms with van der Waals surface area (Å²) in [4.78, 5) is 0. The lowest BCUT2D eigenvalue weighted by atomic mass is 9.93. The van der Waals surface area contributed by atoms with E-state index in [1.165, 1.54) is 0 Å². The Balaban J connectivity index is 3.48. The van der Waals surface area contributed by atoms with Gasteiger partial charge >= 0.3 is 41.9 Å². The Kier molecular flexibility index (Phi) is 5.67. The normalized spacial score (nSPS) is 15.7. The highest BCUT2D eigenvalue weighted by atomic mass is 32.1. The highest BCUT2D eigenvalue weighted by Gasteiger charge is 2.94. The molecule has 0 saturated carbocycles. The van der Waals surface area contributed by atoms with E-state index in [1.54, 1.807) is 0 Å². The van der Waals surface area contributed by atoms with Crippen molar-refractivity contribution in [2.75, 3.05) is 0 Å². The maximum Gasteiger partial charge on any atom is 0.471 e. The van der Waals surface area contributed by atoms with Gasteiger partial charge in [0.25, 0.3) is 0 Å². The van der Waals surface area contributed by atoms with Crippen LogP contribution in [0.1, 0.15) is 0 Å². The van der Waals surface area contributed by atoms with E-state index < -0.39 is 47.6 Å². The lowest BCUT2D eigenvalue weighted by Crippen LogP contribution is -2.73. The van der Waals surface area contributed by atoms with Crippen LogP contribution in [0.2, 0.25) is 0 Å². The van der Waals surface area contributed by atoms with Crippen molar-refractivity contribution in [1.82, 2.24) is 0 Å². The van der Waals surface area contributed by atoms with Gasteiger partial charge in [-0.3, -0.25) is 0 Å². The summed E-state index contributed by atoms with van der Waals surface area (Å²) >= 11 is 0.431. The molecule has 0 aliphatic rings. The van der Waals surface area contributed by atoms with Crippen molar-refractivity contribution >= 4 is 11.3 Å². The van der Waals surface area contributed by atoms with Gasteiger partial charge < -0.3 is 4.74 Å². The third-order valence-electron chi connectivity index (χ3n) is 3.04. The number of rotatable bonds is 7. The van der Waals surface area contributed by atoms with Crippen molar-refractivity contribution in [3.8, 4) is 5.75 Å². The van der Waals surface area contributed by atoms with E-state index in [0.29, 0.717) is 22.8 Å². The lowest BCUT2D eigenvalue weighted by molar-refractivity contribution is -0.465. The molecule has 0 aliphatic carbocycles. The van der Waals surface area contributed by atoms with Gasteiger partial charge in [-0.05, 0) is 11.4 Å². The highest BCUT2D eigenvalue weighted by Crippen LogP contribution is 2.62. The fraction of sp³-hybridized carbons (Fsp3) is 0.636. The van der Waals surface area contributed by atoms with Gasteiger partial charge in [-0.15, -0.1) is 11.3 Å². The van der Waals surface area contributed by atoms with Gasteiger partial charge in [-0.2, -0.15) is 65.9 Å². The van der Waals surface area contributed by atoms with Gasteiger partial charge in [0, 0.05) is 5.38 Å². The Morgan fingerprint density at radius 3 is 1.32 bits per heavy atom. The first-order valence-corrected chi connectivity index (χ1v) is 7.07. The molecule has 0 atom stereocenters. The summed E-state index contributed by atoms with van der Waals surface area (Å²) in [7, 11) is 0. The summed E-state index contributed by atoms with van der Waals surface area (Å²) in [5.41, 5.74) is 0. The first-order valence-electron chi connectivity index (χ1n) is 6.13. The largest absolute Gasteiger partial charge is 0.471 e. The zero-order chi connectivity index (χ0) is 22.6. The molecule has 1 aromatic heterocycles. The van der Waals surface area contributed by atoms with Gasteiger partial charge in [0.05, 0.1) is 0 Å². The Hall–Kier alpha value is -1.55. The van der Waals surface area contributed by atoms with Crippen LogP contribution < -0.4 is 4.74 Å². The molecule has 0 saturated heterocycles. The average molecular weight is 468 g/mol. The molecule has 0 unspecified atom stereocenters. The molecule has 0 N–H and O–H groups in total. The summed E-state index contributed by atoms with van der Waals surface area (Å²) in [5, 5.41) is 1.26. The van der Waals surface area contributed by atoms with Gasteiger partial charge in [0.2, 0.25) is 0 Å². The molecule has 0 aliphatic heterocycles. The summed E-state index contributed by atoms with van der Waals surface area (Å²) in [6.07, 6.45) is -14.4. The SMILES string of the molecule is FC(F)(F)C(F)(F)C(F)(F)C(F)(F)C(F)(F)C(F)(F)C(F)(F)Oc1ccsc1. The number of alkyl halides is 15. The molecule has 17 heteroatoms. The molecule has 1 nitrogen and oxygen atoms in total. The van der Waals surface area contributed by atoms with E-state index in [4.69, 9.17) is 0 Å². The van der Waals surface area contributed by atoms with Crippen LogP contribution in [0.15, 0.2) is 16.8 Å². The Bertz CT molecular complexity index is 675. The number of hydrogen-bond donors (Lipinski definition) is 0. The van der Waals surface area contributed by atoms with Gasteiger partial charge in [-0.1, -0.05) is 0 Å². The van der Waals surface area contributed by atoms with E-state index in [-0.39, 0.29) is 0 Å². The molecule has 1 heterocycles. The zero-order valence-corrected chi connectivity index (χ0v) is 13.0. The van der Waals surface area contributed by atoms with Gasteiger partial charge in [-0.25, -0.2) is 0 Å². The molecular formula is C11H3F15OS. The first-order chi connectivity index (χ1) is 12.1. The van der Waals surface area contributed by atoms with Gasteiger partial charge in [0.1, 0.15) is 5.75 Å². The van der Waals surface area contributed by atoms with Crippen LogP contribution >= 0.6 is 11.3 Å². The van der Waals surface area contributed by atoms with Crippen LogP contribution in [0.4, 0.5) is 65.9 Å². The fourth-order valence-corrected chi connectivity index (χ4v) is 2.03. The van der Waals surface area contributed by atoms with E-state index >= 15 is 0 Å². The van der Waals surface area contributed by atoms with Crippen molar-refractivity contribution in [2.24, 2.45) is 0 Å². The minimum atomic E-state index is -8.32. The molecule has 0 fully saturated rings. The maximum absolute atomic E-state index is 13.3. The van der Waals surface area contributed by atoms with E-state index in [0.717, 1.165) is 5.38 Å². The molecule has 164 valence electrons. The van der Waals surface area contributed by atoms with Crippen molar-refractivity contribution < 1.29 is 70.6 Å². The molecule has 0 bridgehead atoms. The summed E-state index contributed by atoms with van der Waals surface area (Å²) < 4.78 is 196. The fourth-order valence-electron chi connectivity index (χ4n) is 1.47. The van der Waals surface area contributed by atoms with Crippen molar-refractivity contribution in [1.29, 1.82) is 0 Å². The van der Waals surface area contributed by atoms with Crippen LogP contribution in [0, 0.1) is 0 Å². The third-order valence-corrected chi connectivity index (χ3v) is 3.70. The molecular weight excluding hydrogens is 465 g/mol. The summed E-state index contributed by atoms with van der Waals surface area (Å²) in [6.45, 7) is 0. The van der Waals surface area contributed by atoms with Crippen molar-refractivity contribution in [3.63, 3.8) is 0 Å². The van der Waals surface area contributed by atoms with Crippen LogP contribution in [-0.2, 0) is 0 Å². The van der Waals surface area contributed by atoms with Crippen molar-refractivity contribution in [3.05, 3.63) is 16.8 Å². The first kappa shape index (κ1) is 24.5. The minimum absolute atomic E-state index is 0.414.